The van der Waals surface area contributed by atoms with Gasteiger partial charge in [-0.25, -0.2) is 0 Å². The van der Waals surface area contributed by atoms with Crippen LogP contribution in [0.4, 0.5) is 0 Å². The smallest absolute Gasteiger partial charge is 0.251 e. The van der Waals surface area contributed by atoms with Gasteiger partial charge in [0.05, 0.1) is 13.1 Å². The molecule has 0 saturated carbocycles. The van der Waals surface area contributed by atoms with Crippen molar-refractivity contribution in [1.82, 2.24) is 5.32 Å². The average Bonchev–Trinajstić information content (AvgIpc) is 2.98. The second-order valence-electron chi connectivity index (χ2n) is 4.49. The van der Waals surface area contributed by atoms with Crippen LogP contribution in [-0.4, -0.2) is 12.5 Å². The van der Waals surface area contributed by atoms with E-state index in [4.69, 9.17) is 5.73 Å². The van der Waals surface area contributed by atoms with Gasteiger partial charge in [0.1, 0.15) is 0 Å². The van der Waals surface area contributed by atoms with Crippen LogP contribution < -0.4 is 11.1 Å². The van der Waals surface area contributed by atoms with Crippen molar-refractivity contribution in [2.45, 2.75) is 19.9 Å². The zero-order valence-electron chi connectivity index (χ0n) is 12.0. The molecule has 0 fully saturated rings. The summed E-state index contributed by atoms with van der Waals surface area (Å²) >= 11 is 1.67. The lowest BCUT2D eigenvalue weighted by Crippen LogP contribution is -2.22. The molecule has 0 aliphatic carbocycles. The third kappa shape index (κ3) is 4.19. The fourth-order valence-electron chi connectivity index (χ4n) is 1.99. The summed E-state index contributed by atoms with van der Waals surface area (Å²) in [5, 5.41) is 5.02. The molecule has 0 aliphatic rings. The molecule has 3 nitrogen and oxygen atoms in total. The highest BCUT2D eigenvalue weighted by molar-refractivity contribution is 7.10. The Balaban J connectivity index is 2.03. The molecule has 1 aromatic carbocycles. The first-order valence-electron chi connectivity index (χ1n) is 6.87. The molecule has 4 heteroatoms. The second-order valence-corrected chi connectivity index (χ2v) is 5.49. The number of aryl methyl sites for hydroxylation is 1. The van der Waals surface area contributed by atoms with E-state index in [-0.39, 0.29) is 5.91 Å². The van der Waals surface area contributed by atoms with Crippen molar-refractivity contribution < 1.29 is 4.79 Å². The summed E-state index contributed by atoms with van der Waals surface area (Å²) in [6, 6.07) is 9.38. The van der Waals surface area contributed by atoms with Gasteiger partial charge in [-0.05, 0) is 41.6 Å². The lowest BCUT2D eigenvalue weighted by molar-refractivity contribution is 0.0951. The average molecular weight is 298 g/mol. The van der Waals surface area contributed by atoms with Gasteiger partial charge in [0.25, 0.3) is 5.91 Å². The lowest BCUT2D eigenvalue weighted by Gasteiger charge is -2.06. The topological polar surface area (TPSA) is 55.1 Å². The number of nitrogens with one attached hydrogen (secondary N) is 1. The van der Waals surface area contributed by atoms with E-state index in [9.17, 15) is 4.79 Å². The van der Waals surface area contributed by atoms with Gasteiger partial charge in [-0.3, -0.25) is 4.79 Å². The van der Waals surface area contributed by atoms with Crippen molar-refractivity contribution in [3.8, 4) is 11.8 Å². The standard InChI is InChI=1S/C17H18N2OS/c1-2-14-8-10-21-16(14)12-19-17(20)15-7-3-5-13(11-15)6-4-9-18/h3,5,7-8,10-11H,2,9,12,18H2,1H3,(H,19,20). The summed E-state index contributed by atoms with van der Waals surface area (Å²) in [6.45, 7) is 3.00. The maximum Gasteiger partial charge on any atom is 0.251 e. The zero-order valence-corrected chi connectivity index (χ0v) is 12.8. The van der Waals surface area contributed by atoms with Crippen LogP contribution in [0.1, 0.15) is 33.3 Å². The summed E-state index contributed by atoms with van der Waals surface area (Å²) in [6.07, 6.45) is 0.985. The Labute approximate surface area is 129 Å². The molecule has 0 spiro atoms. The van der Waals surface area contributed by atoms with Gasteiger partial charge >= 0.3 is 0 Å². The van der Waals surface area contributed by atoms with E-state index in [2.05, 4.69) is 35.5 Å². The highest BCUT2D eigenvalue weighted by atomic mass is 32.1. The monoisotopic (exact) mass is 298 g/mol. The summed E-state index contributed by atoms with van der Waals surface area (Å²) in [4.78, 5) is 13.4. The lowest BCUT2D eigenvalue weighted by atomic mass is 10.1. The number of carbonyl (C=O) groups excluding carboxylic acids is 1. The Hall–Kier alpha value is -2.09. The molecule has 2 aromatic rings. The maximum absolute atomic E-state index is 12.2. The first kappa shape index (κ1) is 15.3. The number of nitrogens with two attached hydrogens (primary N) is 1. The van der Waals surface area contributed by atoms with Gasteiger partial charge in [-0.2, -0.15) is 0 Å². The van der Waals surface area contributed by atoms with Crippen molar-refractivity contribution in [2.75, 3.05) is 6.54 Å². The molecule has 108 valence electrons. The molecule has 1 aromatic heterocycles. The summed E-state index contributed by atoms with van der Waals surface area (Å²) in [5.41, 5.74) is 8.07. The summed E-state index contributed by atoms with van der Waals surface area (Å²) < 4.78 is 0. The minimum Gasteiger partial charge on any atom is -0.347 e. The number of hydrogen-bond donors (Lipinski definition) is 2. The molecule has 0 unspecified atom stereocenters. The maximum atomic E-state index is 12.2. The molecule has 0 radical (unpaired) electrons. The van der Waals surface area contributed by atoms with Crippen molar-refractivity contribution >= 4 is 17.2 Å². The van der Waals surface area contributed by atoms with Crippen molar-refractivity contribution in [3.63, 3.8) is 0 Å². The van der Waals surface area contributed by atoms with E-state index >= 15 is 0 Å². The van der Waals surface area contributed by atoms with E-state index in [1.54, 1.807) is 23.5 Å². The fraction of sp³-hybridized carbons (Fsp3) is 0.235. The molecule has 0 aliphatic heterocycles. The largest absolute Gasteiger partial charge is 0.347 e. The van der Waals surface area contributed by atoms with Gasteiger partial charge < -0.3 is 11.1 Å². The van der Waals surface area contributed by atoms with Gasteiger partial charge in [0.15, 0.2) is 0 Å². The van der Waals surface area contributed by atoms with Crippen LogP contribution in [0.2, 0.25) is 0 Å². The van der Waals surface area contributed by atoms with Crippen LogP contribution in [0.25, 0.3) is 0 Å². The molecule has 2 rings (SSSR count). The molecule has 1 heterocycles. The Bertz CT molecular complexity index is 679. The van der Waals surface area contributed by atoms with Gasteiger partial charge in [-0.15, -0.1) is 11.3 Å². The van der Waals surface area contributed by atoms with Crippen LogP contribution in [0.5, 0.6) is 0 Å². The predicted octanol–water partition coefficient (Wildman–Crippen LogP) is 2.55. The van der Waals surface area contributed by atoms with Crippen molar-refractivity contribution in [3.05, 3.63) is 57.3 Å². The van der Waals surface area contributed by atoms with Crippen LogP contribution in [0, 0.1) is 11.8 Å². The van der Waals surface area contributed by atoms with Gasteiger partial charge in [0, 0.05) is 16.0 Å². The first-order valence-corrected chi connectivity index (χ1v) is 7.75. The number of rotatable bonds is 4. The van der Waals surface area contributed by atoms with Crippen LogP contribution in [0.3, 0.4) is 0 Å². The normalized spacial score (nSPS) is 9.81. The summed E-state index contributed by atoms with van der Waals surface area (Å²) in [5.74, 6) is 5.64. The van der Waals surface area contributed by atoms with E-state index in [0.29, 0.717) is 18.7 Å². The third-order valence-electron chi connectivity index (χ3n) is 3.09. The SMILES string of the molecule is CCc1ccsc1CNC(=O)c1cccc(C#CCN)c1. The van der Waals surface area contributed by atoms with Crippen molar-refractivity contribution in [1.29, 1.82) is 0 Å². The van der Waals surface area contributed by atoms with E-state index in [0.717, 1.165) is 12.0 Å². The molecule has 21 heavy (non-hydrogen) atoms. The molecule has 0 bridgehead atoms. The summed E-state index contributed by atoms with van der Waals surface area (Å²) in [7, 11) is 0. The second kappa shape index (κ2) is 7.63. The highest BCUT2D eigenvalue weighted by Crippen LogP contribution is 2.17. The van der Waals surface area contributed by atoms with Gasteiger partial charge in [-0.1, -0.05) is 24.8 Å². The number of amides is 1. The quantitative estimate of drug-likeness (QED) is 0.852. The first-order chi connectivity index (χ1) is 10.2. The Morgan fingerprint density at radius 1 is 1.38 bits per heavy atom. The molecule has 1 amide bonds. The molecule has 0 saturated heterocycles. The zero-order chi connectivity index (χ0) is 15.1. The Morgan fingerprint density at radius 3 is 3.00 bits per heavy atom. The van der Waals surface area contributed by atoms with E-state index in [1.165, 1.54) is 10.4 Å². The van der Waals surface area contributed by atoms with E-state index < -0.39 is 0 Å². The molecule has 0 atom stereocenters. The molecular formula is C17H18N2OS. The van der Waals surface area contributed by atoms with Crippen LogP contribution in [0.15, 0.2) is 35.7 Å². The number of thiophene rings is 1. The van der Waals surface area contributed by atoms with Crippen LogP contribution in [-0.2, 0) is 13.0 Å². The number of benzene rings is 1. The highest BCUT2D eigenvalue weighted by Gasteiger charge is 2.08. The minimum atomic E-state index is -0.0816. The Morgan fingerprint density at radius 2 is 2.24 bits per heavy atom. The Kier molecular flexibility index (Phi) is 5.56. The number of hydrogen-bond acceptors (Lipinski definition) is 3. The van der Waals surface area contributed by atoms with Crippen molar-refractivity contribution in [2.24, 2.45) is 5.73 Å². The van der Waals surface area contributed by atoms with Gasteiger partial charge in [0.2, 0.25) is 0 Å². The minimum absolute atomic E-state index is 0.0816. The molecular weight excluding hydrogens is 280 g/mol. The molecule has 3 N–H and O–H groups in total. The predicted molar refractivity (Wildman–Crippen MR) is 87.2 cm³/mol. The number of carbonyl (C=O) groups is 1. The van der Waals surface area contributed by atoms with Crippen LogP contribution >= 0.6 is 11.3 Å². The fourth-order valence-corrected chi connectivity index (χ4v) is 2.91. The third-order valence-corrected chi connectivity index (χ3v) is 4.05. The van der Waals surface area contributed by atoms with E-state index in [1.807, 2.05) is 12.1 Å².